The third kappa shape index (κ3) is 11.9. The number of nitrogens with one attached hydrogen (secondary N) is 3. The molecule has 0 radical (unpaired) electrons. The van der Waals surface area contributed by atoms with Crippen molar-refractivity contribution in [2.45, 2.75) is 58.5 Å². The maximum absolute atomic E-state index is 12.4. The minimum Gasteiger partial charge on any atom is -0.490 e. The van der Waals surface area contributed by atoms with Crippen molar-refractivity contribution in [2.75, 3.05) is 26.3 Å². The largest absolute Gasteiger partial charge is 0.490 e. The number of hydrogen-bond acceptors (Lipinski definition) is 9. The van der Waals surface area contributed by atoms with Crippen LogP contribution in [-0.2, 0) is 34.0 Å². The van der Waals surface area contributed by atoms with E-state index in [4.69, 9.17) is 14.2 Å². The molecule has 3 amide bonds. The van der Waals surface area contributed by atoms with Crippen LogP contribution in [0.3, 0.4) is 0 Å². The summed E-state index contributed by atoms with van der Waals surface area (Å²) in [6, 6.07) is 30.0. The zero-order valence-corrected chi connectivity index (χ0v) is 31.8. The summed E-state index contributed by atoms with van der Waals surface area (Å²) in [5.74, 6) is 1.33. The van der Waals surface area contributed by atoms with Gasteiger partial charge in [-0.25, -0.2) is 4.79 Å². The second kappa shape index (κ2) is 19.9. The molecule has 5 aromatic rings. The van der Waals surface area contributed by atoms with E-state index in [2.05, 4.69) is 32.0 Å². The van der Waals surface area contributed by atoms with E-state index in [1.165, 1.54) is 13.8 Å². The smallest absolute Gasteiger partial charge is 0.410 e. The van der Waals surface area contributed by atoms with E-state index in [1.54, 1.807) is 23.5 Å². The third-order valence-electron chi connectivity index (χ3n) is 9.43. The van der Waals surface area contributed by atoms with Crippen LogP contribution < -0.4 is 25.4 Å². The molecule has 4 heterocycles. The van der Waals surface area contributed by atoms with Gasteiger partial charge in [0, 0.05) is 63.0 Å². The first kappa shape index (κ1) is 39.4. The minimum atomic E-state index is -0.318. The Balaban J connectivity index is 0.000000202. The van der Waals surface area contributed by atoms with E-state index in [0.29, 0.717) is 44.6 Å². The highest BCUT2D eigenvalue weighted by Gasteiger charge is 2.34. The molecular weight excluding hydrogens is 709 g/mol. The fourth-order valence-electron chi connectivity index (χ4n) is 6.02. The molecule has 56 heavy (non-hydrogen) atoms. The van der Waals surface area contributed by atoms with Gasteiger partial charge < -0.3 is 35.1 Å². The van der Waals surface area contributed by atoms with Crippen LogP contribution in [0.5, 0.6) is 11.5 Å². The summed E-state index contributed by atoms with van der Waals surface area (Å²) in [4.78, 5) is 44.9. The summed E-state index contributed by atoms with van der Waals surface area (Å²) in [7, 11) is 0. The molecule has 2 fully saturated rings. The number of pyridine rings is 2. The SMILES string of the molecule is CC(=O)NCc1cccc(-c2cncc(OC[C@@H]3CCN3)c2)c1.CC(=O)NCc1cccc(-c2cncc(OC[C@@H]3CCN3C(=O)OCc3ccccc3)c2)c1. The Kier molecular flexibility index (Phi) is 14.0. The van der Waals surface area contributed by atoms with E-state index in [0.717, 1.165) is 64.1 Å². The number of aromatic nitrogens is 2. The average Bonchev–Trinajstić information content (AvgIpc) is 3.19. The van der Waals surface area contributed by atoms with Gasteiger partial charge in [-0.2, -0.15) is 0 Å². The molecule has 7 rings (SSSR count). The van der Waals surface area contributed by atoms with Crippen molar-refractivity contribution in [2.24, 2.45) is 0 Å². The van der Waals surface area contributed by atoms with Gasteiger partial charge in [0.1, 0.15) is 31.3 Å². The molecule has 0 saturated carbocycles. The lowest BCUT2D eigenvalue weighted by atomic mass is 10.0. The predicted molar refractivity (Wildman–Crippen MR) is 214 cm³/mol. The Labute approximate surface area is 327 Å². The van der Waals surface area contributed by atoms with Gasteiger partial charge in [-0.05, 0) is 71.5 Å². The lowest BCUT2D eigenvalue weighted by Gasteiger charge is -2.39. The second-order valence-electron chi connectivity index (χ2n) is 13.8. The van der Waals surface area contributed by atoms with E-state index >= 15 is 0 Å². The number of rotatable bonds is 14. The Bertz CT molecular complexity index is 2070. The van der Waals surface area contributed by atoms with E-state index < -0.39 is 0 Å². The second-order valence-corrected chi connectivity index (χ2v) is 13.8. The Morgan fingerprint density at radius 3 is 1.73 bits per heavy atom. The normalized spacial score (nSPS) is 15.5. The van der Waals surface area contributed by atoms with Crippen molar-refractivity contribution in [3.05, 3.63) is 132 Å². The zero-order valence-electron chi connectivity index (χ0n) is 31.8. The van der Waals surface area contributed by atoms with E-state index in [9.17, 15) is 14.4 Å². The molecule has 3 aromatic carbocycles. The third-order valence-corrected chi connectivity index (χ3v) is 9.43. The zero-order chi connectivity index (χ0) is 39.1. The van der Waals surface area contributed by atoms with Crippen LogP contribution in [0.4, 0.5) is 4.79 Å². The van der Waals surface area contributed by atoms with Crippen LogP contribution in [-0.4, -0.2) is 71.2 Å². The maximum atomic E-state index is 12.4. The predicted octanol–water partition coefficient (Wildman–Crippen LogP) is 6.30. The Morgan fingerprint density at radius 1 is 0.679 bits per heavy atom. The minimum absolute atomic E-state index is 0.0158. The quantitative estimate of drug-likeness (QED) is 0.119. The molecular formula is C44H48N6O6. The number of benzene rings is 3. The molecule has 290 valence electrons. The van der Waals surface area contributed by atoms with Crippen molar-refractivity contribution < 1.29 is 28.6 Å². The van der Waals surface area contributed by atoms with Gasteiger partial charge in [-0.1, -0.05) is 66.7 Å². The van der Waals surface area contributed by atoms with Gasteiger partial charge in [-0.15, -0.1) is 0 Å². The first-order valence-electron chi connectivity index (χ1n) is 18.8. The molecule has 2 aliphatic heterocycles. The average molecular weight is 757 g/mol. The number of amides is 3. The standard InChI is InChI=1S/C26H27N3O4.C18H21N3O2/c1-19(30)28-14-21-8-5-9-22(12-21)23-13-25(16-27-15-23)32-18-24-10-11-29(24)26(31)33-17-20-6-3-2-4-7-20;1-13(22)21-9-14-3-2-4-15(7-14)16-8-18(11-19-10-16)23-12-17-5-6-20-17/h2-9,12-13,15-16,24H,10-11,14,17-18H2,1H3,(H,28,30);2-4,7-8,10-11,17,20H,5-6,9,12H2,1H3,(H,21,22)/t24-;17-/m00/s1. The molecule has 12 heteroatoms. The summed E-state index contributed by atoms with van der Waals surface area (Å²) >= 11 is 0. The van der Waals surface area contributed by atoms with Crippen LogP contribution in [0.25, 0.3) is 22.3 Å². The lowest BCUT2D eigenvalue weighted by molar-refractivity contribution is -0.120. The maximum Gasteiger partial charge on any atom is 0.410 e. The number of likely N-dealkylation sites (tertiary alicyclic amines) is 1. The van der Waals surface area contributed by atoms with Crippen LogP contribution >= 0.6 is 0 Å². The molecule has 2 saturated heterocycles. The van der Waals surface area contributed by atoms with Gasteiger partial charge in [0.15, 0.2) is 0 Å². The molecule has 0 unspecified atom stereocenters. The fourth-order valence-corrected chi connectivity index (χ4v) is 6.02. The van der Waals surface area contributed by atoms with Crippen molar-refractivity contribution >= 4 is 17.9 Å². The molecule has 2 aromatic heterocycles. The topological polar surface area (TPSA) is 144 Å². The van der Waals surface area contributed by atoms with Crippen molar-refractivity contribution in [3.8, 4) is 33.8 Å². The molecule has 2 atom stereocenters. The molecule has 12 nitrogen and oxygen atoms in total. The summed E-state index contributed by atoms with van der Waals surface area (Å²) in [6.07, 6.45) is 8.73. The van der Waals surface area contributed by atoms with Crippen LogP contribution in [0, 0.1) is 0 Å². The van der Waals surface area contributed by atoms with Gasteiger partial charge >= 0.3 is 6.09 Å². The van der Waals surface area contributed by atoms with Crippen molar-refractivity contribution in [1.82, 2.24) is 30.8 Å². The molecule has 2 aliphatic rings. The lowest BCUT2D eigenvalue weighted by Crippen LogP contribution is -2.54. The van der Waals surface area contributed by atoms with Crippen LogP contribution in [0.2, 0.25) is 0 Å². The highest BCUT2D eigenvalue weighted by atomic mass is 16.6. The van der Waals surface area contributed by atoms with Gasteiger partial charge in [0.2, 0.25) is 11.8 Å². The highest BCUT2D eigenvalue weighted by molar-refractivity contribution is 5.73. The summed E-state index contributed by atoms with van der Waals surface area (Å²) < 4.78 is 17.2. The number of ether oxygens (including phenoxy) is 3. The molecule has 3 N–H and O–H groups in total. The monoisotopic (exact) mass is 756 g/mol. The molecule has 0 bridgehead atoms. The number of nitrogens with zero attached hydrogens (tertiary/aromatic N) is 3. The van der Waals surface area contributed by atoms with E-state index in [1.807, 2.05) is 91.1 Å². The summed E-state index contributed by atoms with van der Waals surface area (Å²) in [6.45, 7) is 7.09. The van der Waals surface area contributed by atoms with E-state index in [-0.39, 0.29) is 30.6 Å². The first-order valence-corrected chi connectivity index (χ1v) is 18.8. The van der Waals surface area contributed by atoms with Crippen LogP contribution in [0.1, 0.15) is 43.4 Å². The summed E-state index contributed by atoms with van der Waals surface area (Å²) in [5, 5.41) is 8.93. The highest BCUT2D eigenvalue weighted by Crippen LogP contribution is 2.26. The number of carbonyl (C=O) groups is 3. The van der Waals surface area contributed by atoms with Crippen molar-refractivity contribution in [3.63, 3.8) is 0 Å². The van der Waals surface area contributed by atoms with Gasteiger partial charge in [0.25, 0.3) is 0 Å². The van der Waals surface area contributed by atoms with Crippen molar-refractivity contribution in [1.29, 1.82) is 0 Å². The molecule has 0 aliphatic carbocycles. The molecule has 0 spiro atoms. The van der Waals surface area contributed by atoms with Crippen LogP contribution in [0.15, 0.2) is 116 Å². The number of hydrogen-bond donors (Lipinski definition) is 3. The Morgan fingerprint density at radius 2 is 1.23 bits per heavy atom. The van der Waals surface area contributed by atoms with Gasteiger partial charge in [0.05, 0.1) is 18.4 Å². The van der Waals surface area contributed by atoms with Gasteiger partial charge in [-0.3, -0.25) is 19.6 Å². The summed E-state index contributed by atoms with van der Waals surface area (Å²) in [5.41, 5.74) is 7.01. The number of carbonyl (C=O) groups excluding carboxylic acids is 3. The first-order chi connectivity index (χ1) is 27.3. The fraction of sp³-hybridized carbons (Fsp3) is 0.295. The Hall–Kier alpha value is -6.27.